The minimum absolute atomic E-state index is 0.0283. The van der Waals surface area contributed by atoms with Crippen molar-refractivity contribution in [2.24, 2.45) is 5.10 Å². The first-order valence-electron chi connectivity index (χ1n) is 9.03. The summed E-state index contributed by atoms with van der Waals surface area (Å²) in [6.07, 6.45) is 12.0. The highest BCUT2D eigenvalue weighted by Gasteiger charge is 2.03. The van der Waals surface area contributed by atoms with Crippen molar-refractivity contribution in [1.29, 1.82) is 0 Å². The monoisotopic (exact) mass is 336 g/mol. The molecule has 4 heteroatoms. The van der Waals surface area contributed by atoms with E-state index in [1.165, 1.54) is 49.8 Å². The Bertz CT molecular complexity index is 479. The zero-order valence-electron chi connectivity index (χ0n) is 15.0. The summed E-state index contributed by atoms with van der Waals surface area (Å²) >= 11 is 1.70. The number of hydrazone groups is 1. The van der Waals surface area contributed by atoms with Crippen LogP contribution in [0.15, 0.2) is 17.2 Å². The summed E-state index contributed by atoms with van der Waals surface area (Å²) in [4.78, 5) is 14.2. The lowest BCUT2D eigenvalue weighted by Gasteiger charge is -2.03. The Balaban J connectivity index is 2.04. The molecule has 0 aromatic carbocycles. The number of carbonyl (C=O) groups excluding carboxylic acids is 1. The van der Waals surface area contributed by atoms with Crippen LogP contribution in [0.2, 0.25) is 0 Å². The summed E-state index contributed by atoms with van der Waals surface area (Å²) in [5.74, 6) is 0.0283. The average Bonchev–Trinajstić information content (AvgIpc) is 2.97. The Labute approximate surface area is 145 Å². The van der Waals surface area contributed by atoms with Crippen molar-refractivity contribution in [2.45, 2.75) is 85.0 Å². The van der Waals surface area contributed by atoms with E-state index in [2.05, 4.69) is 30.4 Å². The number of nitrogens with zero attached hydrogens (tertiary/aromatic N) is 1. The van der Waals surface area contributed by atoms with Crippen LogP contribution in [-0.2, 0) is 4.79 Å². The number of rotatable bonds is 12. The van der Waals surface area contributed by atoms with Gasteiger partial charge in [0.2, 0.25) is 5.91 Å². The average molecular weight is 337 g/mol. The van der Waals surface area contributed by atoms with E-state index in [-0.39, 0.29) is 5.91 Å². The van der Waals surface area contributed by atoms with Gasteiger partial charge in [0, 0.05) is 11.3 Å². The molecule has 1 heterocycles. The molecule has 1 rings (SSSR count). The third kappa shape index (κ3) is 9.54. The van der Waals surface area contributed by atoms with E-state index >= 15 is 0 Å². The molecular weight excluding hydrogens is 304 g/mol. The van der Waals surface area contributed by atoms with Crippen LogP contribution in [0.3, 0.4) is 0 Å². The molecule has 0 saturated heterocycles. The summed E-state index contributed by atoms with van der Waals surface area (Å²) in [6.45, 7) is 6.26. The number of hydrogen-bond acceptors (Lipinski definition) is 3. The Morgan fingerprint density at radius 2 is 1.65 bits per heavy atom. The molecule has 23 heavy (non-hydrogen) atoms. The smallest absolute Gasteiger partial charge is 0.240 e. The summed E-state index contributed by atoms with van der Waals surface area (Å²) in [5.41, 5.74) is 3.55. The maximum atomic E-state index is 11.8. The van der Waals surface area contributed by atoms with E-state index in [1.54, 1.807) is 11.3 Å². The zero-order chi connectivity index (χ0) is 16.9. The number of nitrogens with one attached hydrogen (secondary N) is 1. The van der Waals surface area contributed by atoms with Gasteiger partial charge in [-0.05, 0) is 32.4 Å². The van der Waals surface area contributed by atoms with Gasteiger partial charge in [0.15, 0.2) is 0 Å². The minimum atomic E-state index is 0.0283. The number of carbonyl (C=O) groups is 1. The first-order chi connectivity index (χ1) is 11.1. The highest BCUT2D eigenvalue weighted by molar-refractivity contribution is 7.14. The van der Waals surface area contributed by atoms with E-state index in [1.807, 2.05) is 13.0 Å². The zero-order valence-corrected chi connectivity index (χ0v) is 15.8. The van der Waals surface area contributed by atoms with Crippen molar-refractivity contribution in [3.05, 3.63) is 21.9 Å². The van der Waals surface area contributed by atoms with Crippen LogP contribution in [0.25, 0.3) is 0 Å². The number of amides is 1. The van der Waals surface area contributed by atoms with Gasteiger partial charge in [0.1, 0.15) is 0 Å². The fraction of sp³-hybridized carbons (Fsp3) is 0.684. The Hall–Kier alpha value is -1.16. The highest BCUT2D eigenvalue weighted by atomic mass is 32.1. The molecule has 1 aromatic heterocycles. The largest absolute Gasteiger partial charge is 0.273 e. The van der Waals surface area contributed by atoms with Crippen LogP contribution in [0.5, 0.6) is 0 Å². The molecule has 1 N–H and O–H groups in total. The second-order valence-electron chi connectivity index (χ2n) is 6.22. The molecule has 0 aliphatic carbocycles. The van der Waals surface area contributed by atoms with E-state index in [4.69, 9.17) is 0 Å². The van der Waals surface area contributed by atoms with Crippen molar-refractivity contribution in [1.82, 2.24) is 5.43 Å². The summed E-state index contributed by atoms with van der Waals surface area (Å²) < 4.78 is 0. The van der Waals surface area contributed by atoms with Gasteiger partial charge >= 0.3 is 0 Å². The van der Waals surface area contributed by atoms with Crippen molar-refractivity contribution >= 4 is 23.0 Å². The van der Waals surface area contributed by atoms with E-state index in [0.717, 1.165) is 23.4 Å². The second-order valence-corrected chi connectivity index (χ2v) is 7.51. The molecule has 1 aromatic rings. The quantitative estimate of drug-likeness (QED) is 0.292. The Morgan fingerprint density at radius 1 is 1.04 bits per heavy atom. The van der Waals surface area contributed by atoms with Gasteiger partial charge in [-0.25, -0.2) is 5.43 Å². The van der Waals surface area contributed by atoms with E-state index in [9.17, 15) is 4.79 Å². The number of hydrogen-bond donors (Lipinski definition) is 1. The summed E-state index contributed by atoms with van der Waals surface area (Å²) in [7, 11) is 0. The predicted molar refractivity (Wildman–Crippen MR) is 101 cm³/mol. The molecule has 0 radical (unpaired) electrons. The third-order valence-corrected chi connectivity index (χ3v) is 5.06. The number of unbranched alkanes of at least 4 members (excludes halogenated alkanes) is 8. The molecule has 0 bridgehead atoms. The van der Waals surface area contributed by atoms with Crippen molar-refractivity contribution < 1.29 is 4.79 Å². The van der Waals surface area contributed by atoms with Gasteiger partial charge in [-0.3, -0.25) is 4.79 Å². The number of thiophene rings is 1. The normalized spacial score (nSPS) is 11.7. The van der Waals surface area contributed by atoms with Crippen LogP contribution in [0.4, 0.5) is 0 Å². The lowest BCUT2D eigenvalue weighted by atomic mass is 10.1. The molecule has 0 saturated carbocycles. The lowest BCUT2D eigenvalue weighted by Crippen LogP contribution is -2.18. The second kappa shape index (κ2) is 12.3. The van der Waals surface area contributed by atoms with Gasteiger partial charge in [0.25, 0.3) is 0 Å². The molecule has 0 fully saturated rings. The molecule has 0 aliphatic heterocycles. The molecule has 1 amide bonds. The minimum Gasteiger partial charge on any atom is -0.273 e. The lowest BCUT2D eigenvalue weighted by molar-refractivity contribution is -0.121. The predicted octanol–water partition coefficient (Wildman–Crippen LogP) is 5.82. The van der Waals surface area contributed by atoms with Crippen molar-refractivity contribution in [3.8, 4) is 0 Å². The topological polar surface area (TPSA) is 41.5 Å². The first kappa shape index (κ1) is 19.9. The molecule has 0 spiro atoms. The van der Waals surface area contributed by atoms with Crippen molar-refractivity contribution in [3.63, 3.8) is 0 Å². The van der Waals surface area contributed by atoms with Gasteiger partial charge in [0.05, 0.1) is 10.6 Å². The number of aryl methyl sites for hydroxylation is 1. The highest BCUT2D eigenvalue weighted by Crippen LogP contribution is 2.15. The molecular formula is C19H32N2OS. The Kier molecular flexibility index (Phi) is 10.6. The van der Waals surface area contributed by atoms with Crippen LogP contribution in [0.1, 0.15) is 87.8 Å². The van der Waals surface area contributed by atoms with E-state index in [0.29, 0.717) is 6.42 Å². The summed E-state index contributed by atoms with van der Waals surface area (Å²) in [6, 6.07) is 4.12. The van der Waals surface area contributed by atoms with Gasteiger partial charge in [-0.15, -0.1) is 11.3 Å². The molecule has 130 valence electrons. The maximum absolute atomic E-state index is 11.8. The Morgan fingerprint density at radius 3 is 2.22 bits per heavy atom. The molecule has 0 unspecified atom stereocenters. The van der Waals surface area contributed by atoms with Gasteiger partial charge < -0.3 is 0 Å². The third-order valence-electron chi connectivity index (χ3n) is 3.95. The SMILES string of the molecule is CCCCCCCCCCCC(=O)N/N=C(\C)c1ccc(C)s1. The fourth-order valence-corrected chi connectivity index (χ4v) is 3.29. The van der Waals surface area contributed by atoms with Crippen LogP contribution in [0, 0.1) is 6.92 Å². The van der Waals surface area contributed by atoms with Crippen LogP contribution < -0.4 is 5.43 Å². The summed E-state index contributed by atoms with van der Waals surface area (Å²) in [5, 5.41) is 4.19. The van der Waals surface area contributed by atoms with Crippen molar-refractivity contribution in [2.75, 3.05) is 0 Å². The molecule has 0 aliphatic rings. The van der Waals surface area contributed by atoms with Crippen LogP contribution >= 0.6 is 11.3 Å². The standard InChI is InChI=1S/C19H32N2OS/c1-4-5-6-7-8-9-10-11-12-13-19(22)21-20-17(3)18-15-14-16(2)23-18/h14-15H,4-13H2,1-3H3,(H,21,22)/b20-17+. The molecule has 0 atom stereocenters. The van der Waals surface area contributed by atoms with Gasteiger partial charge in [-0.1, -0.05) is 58.3 Å². The fourth-order valence-electron chi connectivity index (χ4n) is 2.48. The van der Waals surface area contributed by atoms with Gasteiger partial charge in [-0.2, -0.15) is 5.10 Å². The van der Waals surface area contributed by atoms with E-state index < -0.39 is 0 Å². The molecule has 3 nitrogen and oxygen atoms in total. The maximum Gasteiger partial charge on any atom is 0.240 e. The van der Waals surface area contributed by atoms with Crippen LogP contribution in [-0.4, -0.2) is 11.6 Å². The first-order valence-corrected chi connectivity index (χ1v) is 9.85.